The van der Waals surface area contributed by atoms with Gasteiger partial charge in [0.2, 0.25) is 0 Å². The molecule has 0 aliphatic rings. The third kappa shape index (κ3) is 2.59. The molecule has 0 amide bonds. The maximum Gasteiger partial charge on any atom is 0.337 e. The van der Waals surface area contributed by atoms with Crippen LogP contribution in [0.25, 0.3) is 33.5 Å². The zero-order valence-corrected chi connectivity index (χ0v) is 13.8. The molecule has 0 unspecified atom stereocenters. The molecule has 2 N–H and O–H groups in total. The van der Waals surface area contributed by atoms with Gasteiger partial charge < -0.3 is 10.1 Å². The van der Waals surface area contributed by atoms with E-state index in [4.69, 9.17) is 0 Å². The third-order valence-electron chi connectivity index (χ3n) is 4.19. The van der Waals surface area contributed by atoms with Gasteiger partial charge in [0.05, 0.1) is 22.2 Å². The minimum absolute atomic E-state index is 0.0963. The number of pyridine rings is 1. The number of carbonyl (C=O) groups is 1. The minimum atomic E-state index is -1.66. The van der Waals surface area contributed by atoms with Crippen molar-refractivity contribution in [1.29, 1.82) is 0 Å². The molecule has 0 aliphatic heterocycles. The van der Waals surface area contributed by atoms with E-state index in [2.05, 4.69) is 15.0 Å². The zero-order chi connectivity index (χ0) is 20.0. The number of fused-ring (bicyclic) bond motifs is 1. The van der Waals surface area contributed by atoms with E-state index in [1.807, 2.05) is 0 Å². The summed E-state index contributed by atoms with van der Waals surface area (Å²) in [6.45, 7) is 0. The van der Waals surface area contributed by atoms with Crippen LogP contribution in [0.2, 0.25) is 0 Å². The number of nitrogens with zero attached hydrogens (tertiary/aromatic N) is 2. The number of H-pyrrole nitrogens is 1. The number of aromatic carboxylic acids is 1. The Bertz CT molecular complexity index is 1210. The molecule has 2 heterocycles. The number of aromatic amines is 1. The number of hydrogen-bond donors (Lipinski definition) is 2. The van der Waals surface area contributed by atoms with E-state index in [-0.39, 0.29) is 22.2 Å². The molecule has 2 aromatic carbocycles. The van der Waals surface area contributed by atoms with Crippen molar-refractivity contribution >= 4 is 17.0 Å². The Hall–Kier alpha value is -3.75. The molecule has 140 valence electrons. The molecule has 4 aromatic rings. The molecule has 0 aliphatic carbocycles. The SMILES string of the molecule is O=C(O)c1cccc2[nH]c(-c3c(F)c(F)c(-c4cccnc4)c(F)c3F)nc12. The monoisotopic (exact) mass is 387 g/mol. The van der Waals surface area contributed by atoms with Gasteiger partial charge >= 0.3 is 5.97 Å². The van der Waals surface area contributed by atoms with E-state index >= 15 is 0 Å². The fourth-order valence-corrected chi connectivity index (χ4v) is 2.93. The van der Waals surface area contributed by atoms with Crippen LogP contribution < -0.4 is 0 Å². The molecule has 28 heavy (non-hydrogen) atoms. The van der Waals surface area contributed by atoms with E-state index in [1.165, 1.54) is 36.5 Å². The summed E-state index contributed by atoms with van der Waals surface area (Å²) in [4.78, 5) is 21.3. The Kier molecular flexibility index (Phi) is 4.07. The van der Waals surface area contributed by atoms with Crippen LogP contribution >= 0.6 is 0 Å². The Morgan fingerprint density at radius 2 is 1.61 bits per heavy atom. The van der Waals surface area contributed by atoms with Gasteiger partial charge in [-0.15, -0.1) is 0 Å². The summed E-state index contributed by atoms with van der Waals surface area (Å²) in [6.07, 6.45) is 2.41. The summed E-state index contributed by atoms with van der Waals surface area (Å²) < 4.78 is 58.6. The molecule has 0 saturated heterocycles. The fourth-order valence-electron chi connectivity index (χ4n) is 2.93. The second kappa shape index (κ2) is 6.45. The van der Waals surface area contributed by atoms with Crippen LogP contribution in [0.5, 0.6) is 0 Å². The van der Waals surface area contributed by atoms with Crippen molar-refractivity contribution in [3.05, 3.63) is 71.6 Å². The number of hydrogen-bond acceptors (Lipinski definition) is 3. The lowest BCUT2D eigenvalue weighted by atomic mass is 10.0. The molecular formula is C19H9F4N3O2. The predicted molar refractivity (Wildman–Crippen MR) is 91.6 cm³/mol. The summed E-state index contributed by atoms with van der Waals surface area (Å²) in [7, 11) is 0. The molecule has 5 nitrogen and oxygen atoms in total. The van der Waals surface area contributed by atoms with E-state index in [0.29, 0.717) is 0 Å². The first-order valence-corrected chi connectivity index (χ1v) is 7.89. The van der Waals surface area contributed by atoms with Gasteiger partial charge in [-0.2, -0.15) is 0 Å². The second-order valence-corrected chi connectivity index (χ2v) is 5.84. The van der Waals surface area contributed by atoms with Crippen molar-refractivity contribution in [2.75, 3.05) is 0 Å². The highest BCUT2D eigenvalue weighted by Gasteiger charge is 2.29. The number of benzene rings is 2. The molecular weight excluding hydrogens is 378 g/mol. The van der Waals surface area contributed by atoms with Crippen LogP contribution in [0.4, 0.5) is 17.6 Å². The quantitative estimate of drug-likeness (QED) is 0.399. The van der Waals surface area contributed by atoms with Crippen molar-refractivity contribution in [2.45, 2.75) is 0 Å². The van der Waals surface area contributed by atoms with E-state index < -0.39 is 46.2 Å². The van der Waals surface area contributed by atoms with Gasteiger partial charge in [-0.05, 0) is 18.2 Å². The van der Waals surface area contributed by atoms with Gasteiger partial charge in [-0.1, -0.05) is 12.1 Å². The number of carboxylic acid groups (broad SMARTS) is 1. The normalized spacial score (nSPS) is 11.1. The lowest BCUT2D eigenvalue weighted by Gasteiger charge is -2.10. The first kappa shape index (κ1) is 17.7. The van der Waals surface area contributed by atoms with Gasteiger partial charge in [0, 0.05) is 18.0 Å². The van der Waals surface area contributed by atoms with Crippen molar-refractivity contribution in [2.24, 2.45) is 0 Å². The topological polar surface area (TPSA) is 78.9 Å². The van der Waals surface area contributed by atoms with Crippen LogP contribution in [0, 0.1) is 23.3 Å². The van der Waals surface area contributed by atoms with Crippen LogP contribution in [0.1, 0.15) is 10.4 Å². The highest BCUT2D eigenvalue weighted by Crippen LogP contribution is 2.36. The van der Waals surface area contributed by atoms with Gasteiger partial charge in [0.25, 0.3) is 0 Å². The summed E-state index contributed by atoms with van der Waals surface area (Å²) in [5, 5.41) is 9.19. The van der Waals surface area contributed by atoms with Gasteiger partial charge in [0.15, 0.2) is 23.3 Å². The standard InChI is InChI=1S/C19H9F4N3O2/c20-13-11(8-3-2-6-24-7-8)14(21)16(23)12(15(13)22)18-25-10-5-1-4-9(19(27)28)17(10)26-18/h1-7H,(H,25,26)(H,27,28). The average Bonchev–Trinajstić information content (AvgIpc) is 3.11. The number of aromatic nitrogens is 3. The highest BCUT2D eigenvalue weighted by molar-refractivity contribution is 6.01. The third-order valence-corrected chi connectivity index (χ3v) is 4.19. The minimum Gasteiger partial charge on any atom is -0.478 e. The Labute approximate surface area is 154 Å². The smallest absolute Gasteiger partial charge is 0.337 e. The van der Waals surface area contributed by atoms with Crippen molar-refractivity contribution in [3.63, 3.8) is 0 Å². The second-order valence-electron chi connectivity index (χ2n) is 5.84. The highest BCUT2D eigenvalue weighted by atomic mass is 19.2. The first-order chi connectivity index (χ1) is 13.4. The van der Waals surface area contributed by atoms with Crippen LogP contribution in [0.3, 0.4) is 0 Å². The molecule has 0 saturated carbocycles. The first-order valence-electron chi connectivity index (χ1n) is 7.89. The maximum atomic E-state index is 14.7. The largest absolute Gasteiger partial charge is 0.478 e. The van der Waals surface area contributed by atoms with Gasteiger partial charge in [-0.25, -0.2) is 27.3 Å². The number of rotatable bonds is 3. The number of carboxylic acids is 1. The molecule has 4 rings (SSSR count). The zero-order valence-electron chi connectivity index (χ0n) is 13.8. The van der Waals surface area contributed by atoms with Gasteiger partial charge in [-0.3, -0.25) is 4.98 Å². The van der Waals surface area contributed by atoms with Crippen molar-refractivity contribution < 1.29 is 27.5 Å². The predicted octanol–water partition coefficient (Wildman–Crippen LogP) is 4.55. The molecule has 9 heteroatoms. The fraction of sp³-hybridized carbons (Fsp3) is 0. The van der Waals surface area contributed by atoms with Gasteiger partial charge in [0.1, 0.15) is 11.3 Å². The molecule has 0 spiro atoms. The van der Waals surface area contributed by atoms with Crippen LogP contribution in [-0.4, -0.2) is 26.0 Å². The number of halogens is 4. The lowest BCUT2D eigenvalue weighted by molar-refractivity contribution is 0.0699. The number of imidazole rings is 1. The summed E-state index contributed by atoms with van der Waals surface area (Å²) >= 11 is 0. The van der Waals surface area contributed by atoms with Crippen molar-refractivity contribution in [1.82, 2.24) is 15.0 Å². The van der Waals surface area contributed by atoms with E-state index in [0.717, 1.165) is 6.20 Å². The van der Waals surface area contributed by atoms with E-state index in [9.17, 15) is 27.5 Å². The lowest BCUT2D eigenvalue weighted by Crippen LogP contribution is -2.04. The Balaban J connectivity index is 1.99. The molecule has 0 atom stereocenters. The van der Waals surface area contributed by atoms with E-state index in [1.54, 1.807) is 0 Å². The Morgan fingerprint density at radius 1 is 0.929 bits per heavy atom. The Morgan fingerprint density at radius 3 is 2.21 bits per heavy atom. The number of para-hydroxylation sites is 1. The summed E-state index contributed by atoms with van der Waals surface area (Å²) in [5.74, 6) is -8.38. The summed E-state index contributed by atoms with van der Waals surface area (Å²) in [5.41, 5.74) is -2.27. The molecule has 0 radical (unpaired) electrons. The number of nitrogens with one attached hydrogen (secondary N) is 1. The van der Waals surface area contributed by atoms with Crippen LogP contribution in [0.15, 0.2) is 42.7 Å². The summed E-state index contributed by atoms with van der Waals surface area (Å²) in [6, 6.07) is 6.69. The average molecular weight is 387 g/mol. The van der Waals surface area contributed by atoms with Crippen molar-refractivity contribution in [3.8, 4) is 22.5 Å². The molecule has 0 bridgehead atoms. The molecule has 2 aromatic heterocycles. The molecule has 0 fully saturated rings. The maximum absolute atomic E-state index is 14.7. The van der Waals surface area contributed by atoms with Crippen LogP contribution in [-0.2, 0) is 0 Å².